The zero-order valence-corrected chi connectivity index (χ0v) is 16.7. The van der Waals surface area contributed by atoms with Gasteiger partial charge in [0.05, 0.1) is 6.26 Å². The molecule has 0 atom stereocenters. The summed E-state index contributed by atoms with van der Waals surface area (Å²) in [5.74, 6) is 1.24. The van der Waals surface area contributed by atoms with Crippen molar-refractivity contribution in [3.05, 3.63) is 76.4 Å². The molecule has 1 aliphatic heterocycles. The van der Waals surface area contributed by atoms with Gasteiger partial charge >= 0.3 is 0 Å². The second-order valence-corrected chi connectivity index (χ2v) is 8.61. The third-order valence-electron chi connectivity index (χ3n) is 4.70. The number of hydrogen-bond acceptors (Lipinski definition) is 5. The minimum Gasteiger partial charge on any atom is -0.459 e. The average molecular weight is 399 g/mol. The fourth-order valence-electron chi connectivity index (χ4n) is 3.19. The molecule has 4 nitrogen and oxygen atoms in total. The number of nitrogens with zero attached hydrogens (tertiary/aromatic N) is 2. The van der Waals surface area contributed by atoms with Crippen molar-refractivity contribution in [1.29, 1.82) is 0 Å². The molecule has 3 heterocycles. The van der Waals surface area contributed by atoms with Crippen LogP contribution in [0.25, 0.3) is 0 Å². The third-order valence-corrected chi connectivity index (χ3v) is 6.62. The van der Waals surface area contributed by atoms with Crippen LogP contribution in [0.5, 0.6) is 0 Å². The van der Waals surface area contributed by atoms with Crippen LogP contribution in [0.4, 0.5) is 0 Å². The summed E-state index contributed by atoms with van der Waals surface area (Å²) in [6.07, 6.45) is 1.63. The number of rotatable bonds is 6. The lowest BCUT2D eigenvalue weighted by Crippen LogP contribution is -2.48. The highest BCUT2D eigenvalue weighted by Gasteiger charge is 2.26. The van der Waals surface area contributed by atoms with Crippen LogP contribution in [-0.4, -0.2) is 41.9 Å². The van der Waals surface area contributed by atoms with Crippen LogP contribution < -0.4 is 0 Å². The predicted octanol–water partition coefficient (Wildman–Crippen LogP) is 4.59. The van der Waals surface area contributed by atoms with Gasteiger partial charge in [0.1, 0.15) is 0 Å². The standard InChI is InChI=1S/C21H22N2O2S2/c24-21(23-11-9-22(10-12-23)15-19-7-4-14-26-19)20-17(8-13-25-20)16-27-18-5-2-1-3-6-18/h1-8,13-14H,9-12,15-16H2. The lowest BCUT2D eigenvalue weighted by Gasteiger charge is -2.34. The van der Waals surface area contributed by atoms with Gasteiger partial charge < -0.3 is 9.32 Å². The summed E-state index contributed by atoms with van der Waals surface area (Å²) < 4.78 is 5.56. The molecule has 1 amide bonds. The van der Waals surface area contributed by atoms with Crippen LogP contribution in [0, 0.1) is 0 Å². The van der Waals surface area contributed by atoms with Gasteiger partial charge in [0, 0.05) is 53.8 Å². The summed E-state index contributed by atoms with van der Waals surface area (Å²) in [4.78, 5) is 19.8. The molecule has 1 aliphatic rings. The van der Waals surface area contributed by atoms with E-state index in [4.69, 9.17) is 4.42 Å². The van der Waals surface area contributed by atoms with Crippen LogP contribution in [0.1, 0.15) is 21.0 Å². The highest BCUT2D eigenvalue weighted by molar-refractivity contribution is 7.98. The number of thioether (sulfide) groups is 1. The topological polar surface area (TPSA) is 36.7 Å². The molecular weight excluding hydrogens is 376 g/mol. The normalized spacial score (nSPS) is 15.2. The quantitative estimate of drug-likeness (QED) is 0.569. The van der Waals surface area contributed by atoms with Crippen LogP contribution >= 0.6 is 23.1 Å². The first-order valence-electron chi connectivity index (χ1n) is 9.08. The van der Waals surface area contributed by atoms with Gasteiger partial charge in [-0.2, -0.15) is 0 Å². The van der Waals surface area contributed by atoms with E-state index in [-0.39, 0.29) is 5.91 Å². The molecule has 6 heteroatoms. The summed E-state index contributed by atoms with van der Waals surface area (Å²) in [5.41, 5.74) is 0.967. The van der Waals surface area contributed by atoms with Gasteiger partial charge in [-0.25, -0.2) is 0 Å². The highest BCUT2D eigenvalue weighted by Crippen LogP contribution is 2.26. The van der Waals surface area contributed by atoms with Crippen molar-refractivity contribution >= 4 is 29.0 Å². The maximum absolute atomic E-state index is 12.9. The average Bonchev–Trinajstić information content (AvgIpc) is 3.39. The van der Waals surface area contributed by atoms with Gasteiger partial charge in [-0.15, -0.1) is 23.1 Å². The molecule has 1 saturated heterocycles. The van der Waals surface area contributed by atoms with Gasteiger partial charge in [0.2, 0.25) is 0 Å². The predicted molar refractivity (Wildman–Crippen MR) is 110 cm³/mol. The minimum atomic E-state index is 0.0134. The van der Waals surface area contributed by atoms with E-state index in [1.807, 2.05) is 29.2 Å². The molecule has 0 spiro atoms. The number of furan rings is 1. The van der Waals surface area contributed by atoms with E-state index in [1.165, 1.54) is 9.77 Å². The Balaban J connectivity index is 1.33. The fraction of sp³-hybridized carbons (Fsp3) is 0.286. The number of piperazine rings is 1. The van der Waals surface area contributed by atoms with E-state index in [1.54, 1.807) is 29.4 Å². The molecule has 0 saturated carbocycles. The lowest BCUT2D eigenvalue weighted by atomic mass is 10.2. The van der Waals surface area contributed by atoms with Gasteiger partial charge in [-0.05, 0) is 29.6 Å². The Bertz CT molecular complexity index is 853. The molecule has 0 unspecified atom stereocenters. The van der Waals surface area contributed by atoms with Crippen LogP contribution in [0.15, 0.2) is 69.5 Å². The van der Waals surface area contributed by atoms with Crippen molar-refractivity contribution < 1.29 is 9.21 Å². The van der Waals surface area contributed by atoms with E-state index in [0.29, 0.717) is 5.76 Å². The Morgan fingerprint density at radius 3 is 2.59 bits per heavy atom. The van der Waals surface area contributed by atoms with Gasteiger partial charge in [-0.3, -0.25) is 9.69 Å². The van der Waals surface area contributed by atoms with Crippen molar-refractivity contribution in [1.82, 2.24) is 9.80 Å². The van der Waals surface area contributed by atoms with Crippen LogP contribution in [0.3, 0.4) is 0 Å². The van der Waals surface area contributed by atoms with Gasteiger partial charge in [0.15, 0.2) is 5.76 Å². The second-order valence-electron chi connectivity index (χ2n) is 6.52. The first kappa shape index (κ1) is 18.3. The summed E-state index contributed by atoms with van der Waals surface area (Å²) in [7, 11) is 0. The number of thiophene rings is 1. The summed E-state index contributed by atoms with van der Waals surface area (Å²) in [6.45, 7) is 4.27. The molecule has 1 aromatic carbocycles. The van der Waals surface area contributed by atoms with Gasteiger partial charge in [-0.1, -0.05) is 24.3 Å². The Morgan fingerprint density at radius 1 is 1.04 bits per heavy atom. The van der Waals surface area contributed by atoms with Crippen LogP contribution in [0.2, 0.25) is 0 Å². The maximum Gasteiger partial charge on any atom is 0.289 e. The van der Waals surface area contributed by atoms with E-state index >= 15 is 0 Å². The molecule has 140 valence electrons. The molecule has 3 aromatic rings. The first-order chi connectivity index (χ1) is 13.3. The molecule has 0 radical (unpaired) electrons. The SMILES string of the molecule is O=C(c1occc1CSc1ccccc1)N1CCN(Cc2cccs2)CC1. The molecule has 0 bridgehead atoms. The zero-order valence-electron chi connectivity index (χ0n) is 15.0. The largest absolute Gasteiger partial charge is 0.459 e. The Labute approximate surface area is 167 Å². The van der Waals surface area contributed by atoms with Gasteiger partial charge in [0.25, 0.3) is 5.91 Å². The van der Waals surface area contributed by atoms with Crippen molar-refractivity contribution in [3.8, 4) is 0 Å². The molecular formula is C21H22N2O2S2. The molecule has 2 aromatic heterocycles. The first-order valence-corrected chi connectivity index (χ1v) is 10.9. The smallest absolute Gasteiger partial charge is 0.289 e. The number of benzene rings is 1. The van der Waals surface area contributed by atoms with Crippen LogP contribution in [-0.2, 0) is 12.3 Å². The molecule has 4 rings (SSSR count). The molecule has 1 fully saturated rings. The van der Waals surface area contributed by atoms with E-state index < -0.39 is 0 Å². The summed E-state index contributed by atoms with van der Waals surface area (Å²) in [5, 5.41) is 2.11. The van der Waals surface area contributed by atoms with Crippen molar-refractivity contribution in [2.75, 3.05) is 26.2 Å². The fourth-order valence-corrected chi connectivity index (χ4v) is 4.84. The van der Waals surface area contributed by atoms with E-state index in [9.17, 15) is 4.79 Å². The zero-order chi connectivity index (χ0) is 18.5. The number of amides is 1. The number of carbonyl (C=O) groups excluding carboxylic acids is 1. The number of carbonyl (C=O) groups is 1. The Morgan fingerprint density at radius 2 is 1.85 bits per heavy atom. The maximum atomic E-state index is 12.9. The van der Waals surface area contributed by atoms with Crippen molar-refractivity contribution in [3.63, 3.8) is 0 Å². The Kier molecular flexibility index (Phi) is 5.97. The van der Waals surface area contributed by atoms with Crippen molar-refractivity contribution in [2.24, 2.45) is 0 Å². The minimum absolute atomic E-state index is 0.0134. The monoisotopic (exact) mass is 398 g/mol. The number of hydrogen-bond donors (Lipinski definition) is 0. The van der Waals surface area contributed by atoms with E-state index in [2.05, 4.69) is 34.5 Å². The summed E-state index contributed by atoms with van der Waals surface area (Å²) >= 11 is 3.51. The summed E-state index contributed by atoms with van der Waals surface area (Å²) in [6, 6.07) is 16.4. The highest BCUT2D eigenvalue weighted by atomic mass is 32.2. The van der Waals surface area contributed by atoms with E-state index in [0.717, 1.165) is 44.0 Å². The lowest BCUT2D eigenvalue weighted by molar-refractivity contribution is 0.0598. The van der Waals surface area contributed by atoms with Crippen molar-refractivity contribution in [2.45, 2.75) is 17.2 Å². The molecule has 27 heavy (non-hydrogen) atoms. The third kappa shape index (κ3) is 4.64. The molecule has 0 aliphatic carbocycles. The second kappa shape index (κ2) is 8.78. The molecule has 0 N–H and O–H groups in total. The Hall–Kier alpha value is -2.02.